The molecule has 1 aliphatic heterocycles. The molecule has 0 bridgehead atoms. The number of hydrogen-bond acceptors (Lipinski definition) is 4. The number of rotatable bonds is 9. The van der Waals surface area contributed by atoms with E-state index in [1.54, 1.807) is 7.11 Å². The SMILES string of the molecule is CCC1(CC)CN(CCOCCCOC)CCCN1. The molecule has 1 N–H and O–H groups in total. The molecule has 19 heavy (non-hydrogen) atoms. The van der Waals surface area contributed by atoms with Crippen LogP contribution in [-0.4, -0.2) is 63.5 Å². The van der Waals surface area contributed by atoms with Crippen LogP contribution in [0, 0.1) is 0 Å². The second-order valence-corrected chi connectivity index (χ2v) is 5.50. The number of nitrogens with one attached hydrogen (secondary N) is 1. The molecule has 1 saturated heterocycles. The van der Waals surface area contributed by atoms with Gasteiger partial charge in [-0.05, 0) is 38.8 Å². The van der Waals surface area contributed by atoms with E-state index in [2.05, 4.69) is 24.1 Å². The summed E-state index contributed by atoms with van der Waals surface area (Å²) in [6.07, 6.45) is 4.64. The summed E-state index contributed by atoms with van der Waals surface area (Å²) in [6.45, 7) is 11.6. The Hall–Kier alpha value is -0.160. The van der Waals surface area contributed by atoms with Gasteiger partial charge in [-0.3, -0.25) is 4.90 Å². The highest BCUT2D eigenvalue weighted by Crippen LogP contribution is 2.19. The molecule has 0 saturated carbocycles. The molecular weight excluding hydrogens is 240 g/mol. The molecule has 0 aromatic carbocycles. The Morgan fingerprint density at radius 2 is 1.95 bits per heavy atom. The molecule has 0 spiro atoms. The van der Waals surface area contributed by atoms with Crippen LogP contribution in [0.2, 0.25) is 0 Å². The summed E-state index contributed by atoms with van der Waals surface area (Å²) in [6, 6.07) is 0. The third kappa shape index (κ3) is 6.21. The zero-order chi connectivity index (χ0) is 14.0. The van der Waals surface area contributed by atoms with Gasteiger partial charge in [-0.15, -0.1) is 0 Å². The summed E-state index contributed by atoms with van der Waals surface area (Å²) in [7, 11) is 1.74. The molecule has 1 heterocycles. The summed E-state index contributed by atoms with van der Waals surface area (Å²) in [5.74, 6) is 0. The minimum absolute atomic E-state index is 0.312. The average molecular weight is 272 g/mol. The van der Waals surface area contributed by atoms with Crippen molar-refractivity contribution < 1.29 is 9.47 Å². The molecule has 0 radical (unpaired) electrons. The van der Waals surface area contributed by atoms with E-state index in [0.29, 0.717) is 5.54 Å². The van der Waals surface area contributed by atoms with E-state index in [0.717, 1.165) is 45.9 Å². The highest BCUT2D eigenvalue weighted by Gasteiger charge is 2.29. The van der Waals surface area contributed by atoms with Crippen LogP contribution in [0.5, 0.6) is 0 Å². The normalized spacial score (nSPS) is 20.4. The smallest absolute Gasteiger partial charge is 0.0593 e. The third-order valence-corrected chi connectivity index (χ3v) is 4.22. The maximum absolute atomic E-state index is 5.67. The lowest BCUT2D eigenvalue weighted by Gasteiger charge is -2.35. The van der Waals surface area contributed by atoms with Crippen LogP contribution in [0.1, 0.15) is 39.5 Å². The molecule has 114 valence electrons. The fourth-order valence-electron chi connectivity index (χ4n) is 2.73. The highest BCUT2D eigenvalue weighted by atomic mass is 16.5. The fourth-order valence-corrected chi connectivity index (χ4v) is 2.73. The predicted octanol–water partition coefficient (Wildman–Crippen LogP) is 1.89. The molecular formula is C15H32N2O2. The first kappa shape index (κ1) is 16.9. The molecule has 0 unspecified atom stereocenters. The Balaban J connectivity index is 2.24. The minimum Gasteiger partial charge on any atom is -0.385 e. The molecule has 4 nitrogen and oxygen atoms in total. The lowest BCUT2D eigenvalue weighted by Crippen LogP contribution is -2.51. The lowest BCUT2D eigenvalue weighted by molar-refractivity contribution is 0.0779. The second-order valence-electron chi connectivity index (χ2n) is 5.50. The van der Waals surface area contributed by atoms with Crippen LogP contribution in [0.25, 0.3) is 0 Å². The van der Waals surface area contributed by atoms with Gasteiger partial charge < -0.3 is 14.8 Å². The first-order valence-electron chi connectivity index (χ1n) is 7.80. The predicted molar refractivity (Wildman–Crippen MR) is 79.7 cm³/mol. The summed E-state index contributed by atoms with van der Waals surface area (Å²) < 4.78 is 10.7. The molecule has 0 atom stereocenters. The molecule has 1 aliphatic rings. The second kappa shape index (κ2) is 9.70. The Kier molecular flexibility index (Phi) is 8.62. The maximum Gasteiger partial charge on any atom is 0.0593 e. The molecule has 0 aromatic heterocycles. The van der Waals surface area contributed by atoms with Gasteiger partial charge in [-0.2, -0.15) is 0 Å². The Morgan fingerprint density at radius 3 is 2.63 bits per heavy atom. The third-order valence-electron chi connectivity index (χ3n) is 4.22. The first-order valence-corrected chi connectivity index (χ1v) is 7.80. The van der Waals surface area contributed by atoms with Crippen molar-refractivity contribution in [3.8, 4) is 0 Å². The zero-order valence-electron chi connectivity index (χ0n) is 13.0. The molecule has 1 fully saturated rings. The van der Waals surface area contributed by atoms with E-state index in [4.69, 9.17) is 9.47 Å². The fraction of sp³-hybridized carbons (Fsp3) is 1.00. The van der Waals surface area contributed by atoms with Gasteiger partial charge in [0.05, 0.1) is 6.61 Å². The lowest BCUT2D eigenvalue weighted by atomic mass is 9.92. The van der Waals surface area contributed by atoms with Gasteiger partial charge in [0.15, 0.2) is 0 Å². The van der Waals surface area contributed by atoms with E-state index in [1.807, 2.05) is 0 Å². The summed E-state index contributed by atoms with van der Waals surface area (Å²) in [5.41, 5.74) is 0.312. The van der Waals surface area contributed by atoms with Crippen molar-refractivity contribution in [3.63, 3.8) is 0 Å². The van der Waals surface area contributed by atoms with Crippen molar-refractivity contribution in [3.05, 3.63) is 0 Å². The number of methoxy groups -OCH3 is 1. The largest absolute Gasteiger partial charge is 0.385 e. The van der Waals surface area contributed by atoms with Crippen LogP contribution in [-0.2, 0) is 9.47 Å². The topological polar surface area (TPSA) is 33.7 Å². The summed E-state index contributed by atoms with van der Waals surface area (Å²) in [4.78, 5) is 2.56. The van der Waals surface area contributed by atoms with Crippen molar-refractivity contribution in [1.29, 1.82) is 0 Å². The van der Waals surface area contributed by atoms with Gasteiger partial charge in [0, 0.05) is 39.0 Å². The zero-order valence-corrected chi connectivity index (χ0v) is 13.0. The van der Waals surface area contributed by atoms with Crippen molar-refractivity contribution >= 4 is 0 Å². The average Bonchev–Trinajstić information content (AvgIpc) is 2.65. The van der Waals surface area contributed by atoms with E-state index >= 15 is 0 Å². The monoisotopic (exact) mass is 272 g/mol. The Bertz CT molecular complexity index is 220. The highest BCUT2D eigenvalue weighted by molar-refractivity contribution is 4.90. The molecule has 0 amide bonds. The molecule has 4 heteroatoms. The quantitative estimate of drug-likeness (QED) is 0.650. The molecule has 1 rings (SSSR count). The van der Waals surface area contributed by atoms with Crippen molar-refractivity contribution in [2.45, 2.75) is 45.1 Å². The standard InChI is InChI=1S/C15H32N2O2/c1-4-15(5-2)14-17(9-6-8-16-15)10-13-19-12-7-11-18-3/h16H,4-14H2,1-3H3. The molecule has 0 aliphatic carbocycles. The van der Waals surface area contributed by atoms with Gasteiger partial charge in [0.1, 0.15) is 0 Å². The Labute approximate surface area is 118 Å². The van der Waals surface area contributed by atoms with Gasteiger partial charge in [-0.1, -0.05) is 13.8 Å². The van der Waals surface area contributed by atoms with Crippen LogP contribution >= 0.6 is 0 Å². The molecule has 0 aromatic rings. The van der Waals surface area contributed by atoms with Crippen molar-refractivity contribution in [1.82, 2.24) is 10.2 Å². The first-order chi connectivity index (χ1) is 9.26. The maximum atomic E-state index is 5.67. The van der Waals surface area contributed by atoms with Gasteiger partial charge in [0.25, 0.3) is 0 Å². The van der Waals surface area contributed by atoms with Crippen molar-refractivity contribution in [2.24, 2.45) is 0 Å². The van der Waals surface area contributed by atoms with E-state index in [-0.39, 0.29) is 0 Å². The van der Waals surface area contributed by atoms with Crippen molar-refractivity contribution in [2.75, 3.05) is 53.1 Å². The van der Waals surface area contributed by atoms with Crippen LogP contribution < -0.4 is 5.32 Å². The van der Waals surface area contributed by atoms with E-state index in [9.17, 15) is 0 Å². The number of nitrogens with zero attached hydrogens (tertiary/aromatic N) is 1. The Morgan fingerprint density at radius 1 is 1.16 bits per heavy atom. The number of ether oxygens (including phenoxy) is 2. The van der Waals surface area contributed by atoms with Gasteiger partial charge in [-0.25, -0.2) is 0 Å². The minimum atomic E-state index is 0.312. The van der Waals surface area contributed by atoms with Crippen LogP contribution in [0.3, 0.4) is 0 Å². The van der Waals surface area contributed by atoms with E-state index < -0.39 is 0 Å². The number of hydrogen-bond donors (Lipinski definition) is 1. The van der Waals surface area contributed by atoms with Gasteiger partial charge in [0.2, 0.25) is 0 Å². The van der Waals surface area contributed by atoms with E-state index in [1.165, 1.54) is 25.8 Å². The van der Waals surface area contributed by atoms with Crippen LogP contribution in [0.15, 0.2) is 0 Å². The summed E-state index contributed by atoms with van der Waals surface area (Å²) >= 11 is 0. The van der Waals surface area contributed by atoms with Crippen LogP contribution in [0.4, 0.5) is 0 Å². The summed E-state index contributed by atoms with van der Waals surface area (Å²) in [5, 5.41) is 3.74. The van der Waals surface area contributed by atoms with Gasteiger partial charge >= 0.3 is 0 Å².